The van der Waals surface area contributed by atoms with Crippen LogP contribution < -0.4 is 4.74 Å². The SMILES string of the molecule is CCOc1ccc(CN2CC[C@@H]3[C@@H](CCC(=O)N3CCc3ccccc3F)C2)cc1. The molecule has 5 heteroatoms. The molecule has 0 saturated carbocycles. The Hall–Kier alpha value is -2.40. The number of likely N-dealkylation sites (tertiary alicyclic amines) is 2. The van der Waals surface area contributed by atoms with Crippen LogP contribution in [0.2, 0.25) is 0 Å². The monoisotopic (exact) mass is 410 g/mol. The number of nitrogens with zero attached hydrogens (tertiary/aromatic N) is 2. The summed E-state index contributed by atoms with van der Waals surface area (Å²) < 4.78 is 19.5. The summed E-state index contributed by atoms with van der Waals surface area (Å²) in [5.74, 6) is 1.47. The van der Waals surface area contributed by atoms with Crippen LogP contribution in [0.15, 0.2) is 48.5 Å². The fourth-order valence-electron chi connectivity index (χ4n) is 4.92. The Bertz CT molecular complexity index is 854. The topological polar surface area (TPSA) is 32.8 Å². The van der Waals surface area contributed by atoms with Crippen molar-refractivity contribution in [3.8, 4) is 5.75 Å². The maximum absolute atomic E-state index is 14.0. The van der Waals surface area contributed by atoms with Crippen molar-refractivity contribution in [1.29, 1.82) is 0 Å². The van der Waals surface area contributed by atoms with Crippen molar-refractivity contribution in [2.24, 2.45) is 5.92 Å². The number of hydrogen-bond acceptors (Lipinski definition) is 3. The molecule has 4 rings (SSSR count). The maximum Gasteiger partial charge on any atom is 0.222 e. The highest BCUT2D eigenvalue weighted by Crippen LogP contribution is 2.32. The first-order chi connectivity index (χ1) is 14.6. The van der Waals surface area contributed by atoms with Gasteiger partial charge in [0.2, 0.25) is 5.91 Å². The Labute approximate surface area is 178 Å². The molecular formula is C25H31FN2O2. The van der Waals surface area contributed by atoms with Crippen molar-refractivity contribution < 1.29 is 13.9 Å². The summed E-state index contributed by atoms with van der Waals surface area (Å²) in [5.41, 5.74) is 1.99. The van der Waals surface area contributed by atoms with Gasteiger partial charge in [-0.25, -0.2) is 4.39 Å². The summed E-state index contributed by atoms with van der Waals surface area (Å²) >= 11 is 0. The smallest absolute Gasteiger partial charge is 0.222 e. The molecule has 160 valence electrons. The molecule has 1 amide bonds. The number of carbonyl (C=O) groups is 1. The number of piperidine rings is 2. The largest absolute Gasteiger partial charge is 0.494 e. The van der Waals surface area contributed by atoms with Gasteiger partial charge in [-0.1, -0.05) is 30.3 Å². The van der Waals surface area contributed by atoms with Crippen LogP contribution in [0.4, 0.5) is 4.39 Å². The standard InChI is InChI=1S/C25H31FN2O2/c1-2-30-22-10-7-19(8-11-22)17-27-15-14-24-21(18-27)9-12-25(29)28(24)16-13-20-5-3-4-6-23(20)26/h3-8,10-11,21,24H,2,9,12-18H2,1H3/t21-,24+/m0/s1. The van der Waals surface area contributed by atoms with Crippen LogP contribution in [0.3, 0.4) is 0 Å². The average Bonchev–Trinajstić information content (AvgIpc) is 2.76. The third-order valence-corrected chi connectivity index (χ3v) is 6.45. The number of halogens is 1. The van der Waals surface area contributed by atoms with Crippen molar-refractivity contribution in [2.75, 3.05) is 26.2 Å². The molecule has 2 aliphatic rings. The zero-order valence-electron chi connectivity index (χ0n) is 17.7. The predicted molar refractivity (Wildman–Crippen MR) is 116 cm³/mol. The minimum Gasteiger partial charge on any atom is -0.494 e. The fraction of sp³-hybridized carbons (Fsp3) is 0.480. The van der Waals surface area contributed by atoms with Gasteiger partial charge >= 0.3 is 0 Å². The van der Waals surface area contributed by atoms with E-state index in [1.54, 1.807) is 6.07 Å². The molecule has 0 spiro atoms. The Morgan fingerprint density at radius 2 is 1.90 bits per heavy atom. The van der Waals surface area contributed by atoms with Gasteiger partial charge in [-0.3, -0.25) is 9.69 Å². The molecule has 0 radical (unpaired) electrons. The van der Waals surface area contributed by atoms with Gasteiger partial charge in [0.25, 0.3) is 0 Å². The van der Waals surface area contributed by atoms with Gasteiger partial charge < -0.3 is 9.64 Å². The lowest BCUT2D eigenvalue weighted by Crippen LogP contribution is -2.56. The lowest BCUT2D eigenvalue weighted by molar-refractivity contribution is -0.141. The summed E-state index contributed by atoms with van der Waals surface area (Å²) in [6, 6.07) is 15.5. The van der Waals surface area contributed by atoms with Crippen LogP contribution >= 0.6 is 0 Å². The predicted octanol–water partition coefficient (Wildman–Crippen LogP) is 4.28. The van der Waals surface area contributed by atoms with Crippen molar-refractivity contribution in [3.05, 3.63) is 65.5 Å². The minimum atomic E-state index is -0.177. The Morgan fingerprint density at radius 1 is 1.10 bits per heavy atom. The third kappa shape index (κ3) is 4.84. The van der Waals surface area contributed by atoms with E-state index < -0.39 is 0 Å². The second-order valence-electron chi connectivity index (χ2n) is 8.40. The van der Waals surface area contributed by atoms with Crippen LogP contribution in [0.5, 0.6) is 5.75 Å². The van der Waals surface area contributed by atoms with E-state index in [4.69, 9.17) is 4.74 Å². The first-order valence-electron chi connectivity index (χ1n) is 11.1. The number of hydrogen-bond donors (Lipinski definition) is 0. The van der Waals surface area contributed by atoms with E-state index in [1.165, 1.54) is 11.6 Å². The Kier molecular flexibility index (Phi) is 6.68. The van der Waals surface area contributed by atoms with Crippen LogP contribution in [-0.4, -0.2) is 48.0 Å². The molecule has 2 fully saturated rings. The highest BCUT2D eigenvalue weighted by atomic mass is 19.1. The van der Waals surface area contributed by atoms with Crippen LogP contribution in [0.1, 0.15) is 37.3 Å². The Morgan fingerprint density at radius 3 is 2.67 bits per heavy atom. The number of carbonyl (C=O) groups excluding carboxylic acids is 1. The maximum atomic E-state index is 14.0. The molecule has 4 nitrogen and oxygen atoms in total. The number of benzene rings is 2. The average molecular weight is 411 g/mol. The number of rotatable bonds is 7. The highest BCUT2D eigenvalue weighted by Gasteiger charge is 2.38. The van der Waals surface area contributed by atoms with Crippen LogP contribution in [-0.2, 0) is 17.8 Å². The van der Waals surface area contributed by atoms with E-state index in [1.807, 2.05) is 36.1 Å². The van der Waals surface area contributed by atoms with Crippen molar-refractivity contribution in [1.82, 2.24) is 9.80 Å². The van der Waals surface area contributed by atoms with Crippen LogP contribution in [0.25, 0.3) is 0 Å². The van der Waals surface area contributed by atoms with Crippen LogP contribution in [0, 0.1) is 11.7 Å². The molecule has 2 heterocycles. The summed E-state index contributed by atoms with van der Waals surface area (Å²) in [7, 11) is 0. The van der Waals surface area contributed by atoms with Gasteiger partial charge in [-0.2, -0.15) is 0 Å². The molecule has 0 unspecified atom stereocenters. The van der Waals surface area contributed by atoms with Gasteiger partial charge in [0.15, 0.2) is 0 Å². The first-order valence-corrected chi connectivity index (χ1v) is 11.1. The van der Waals surface area contributed by atoms with Crippen molar-refractivity contribution in [3.63, 3.8) is 0 Å². The number of fused-ring (bicyclic) bond motifs is 1. The lowest BCUT2D eigenvalue weighted by Gasteiger charge is -2.47. The normalized spacial score (nSPS) is 22.1. The molecule has 2 aromatic rings. The summed E-state index contributed by atoms with van der Waals surface area (Å²) in [6.07, 6.45) is 3.14. The molecule has 2 atom stereocenters. The quantitative estimate of drug-likeness (QED) is 0.683. The van der Waals surface area contributed by atoms with Gasteiger partial charge in [0.05, 0.1) is 6.61 Å². The van der Waals surface area contributed by atoms with Crippen molar-refractivity contribution >= 4 is 5.91 Å². The molecule has 0 aromatic heterocycles. The first kappa shape index (κ1) is 20.9. The minimum absolute atomic E-state index is 0.177. The number of ether oxygens (including phenoxy) is 1. The zero-order valence-corrected chi connectivity index (χ0v) is 17.7. The van der Waals surface area contributed by atoms with Gasteiger partial charge in [0, 0.05) is 38.6 Å². The molecule has 30 heavy (non-hydrogen) atoms. The molecule has 0 aliphatic carbocycles. The van der Waals surface area contributed by atoms with E-state index in [0.29, 0.717) is 37.5 Å². The molecule has 2 aliphatic heterocycles. The zero-order chi connectivity index (χ0) is 20.9. The van der Waals surface area contributed by atoms with Gasteiger partial charge in [0.1, 0.15) is 11.6 Å². The third-order valence-electron chi connectivity index (χ3n) is 6.45. The van der Waals surface area contributed by atoms with E-state index in [0.717, 1.165) is 38.2 Å². The van der Waals surface area contributed by atoms with Crippen molar-refractivity contribution in [2.45, 2.75) is 45.2 Å². The molecule has 0 bridgehead atoms. The van der Waals surface area contributed by atoms with Gasteiger partial charge in [-0.05, 0) is 61.4 Å². The number of amides is 1. The Balaban J connectivity index is 1.35. The molecule has 0 N–H and O–H groups in total. The molecule has 2 saturated heterocycles. The van der Waals surface area contributed by atoms with E-state index in [9.17, 15) is 9.18 Å². The fourth-order valence-corrected chi connectivity index (χ4v) is 4.92. The highest BCUT2D eigenvalue weighted by molar-refractivity contribution is 5.77. The molecule has 2 aromatic carbocycles. The summed E-state index contributed by atoms with van der Waals surface area (Å²) in [6.45, 7) is 6.21. The van der Waals surface area contributed by atoms with E-state index >= 15 is 0 Å². The second-order valence-corrected chi connectivity index (χ2v) is 8.40. The lowest BCUT2D eigenvalue weighted by atomic mass is 9.83. The van der Waals surface area contributed by atoms with E-state index in [2.05, 4.69) is 17.0 Å². The second kappa shape index (κ2) is 9.61. The summed E-state index contributed by atoms with van der Waals surface area (Å²) in [4.78, 5) is 17.2. The molecular weight excluding hydrogens is 379 g/mol. The van der Waals surface area contributed by atoms with E-state index in [-0.39, 0.29) is 17.8 Å². The summed E-state index contributed by atoms with van der Waals surface area (Å²) in [5, 5.41) is 0. The van der Waals surface area contributed by atoms with Gasteiger partial charge in [-0.15, -0.1) is 0 Å².